The van der Waals surface area contributed by atoms with Gasteiger partial charge >= 0.3 is 0 Å². The molecule has 0 aliphatic carbocycles. The number of benzene rings is 1. The Morgan fingerprint density at radius 2 is 1.91 bits per heavy atom. The number of methoxy groups -OCH3 is 1. The van der Waals surface area contributed by atoms with Crippen LogP contribution in [-0.4, -0.2) is 46.0 Å². The molecule has 1 aromatic carbocycles. The van der Waals surface area contributed by atoms with Crippen LogP contribution in [0.5, 0.6) is 5.88 Å². The second-order valence-electron chi connectivity index (χ2n) is 7.52. The predicted molar refractivity (Wildman–Crippen MR) is 123 cm³/mol. The summed E-state index contributed by atoms with van der Waals surface area (Å²) in [5.74, 6) is 0.212. The minimum Gasteiger partial charge on any atom is -0.475 e. The van der Waals surface area contributed by atoms with Gasteiger partial charge in [0.25, 0.3) is 5.91 Å². The topological polar surface area (TPSA) is 91.2 Å². The highest BCUT2D eigenvalue weighted by atomic mass is 16.5. The molecule has 0 spiro atoms. The Morgan fingerprint density at radius 1 is 1.09 bits per heavy atom. The van der Waals surface area contributed by atoms with Gasteiger partial charge in [-0.05, 0) is 26.0 Å². The molecule has 0 saturated carbocycles. The molecule has 0 aliphatic heterocycles. The van der Waals surface area contributed by atoms with Crippen molar-refractivity contribution in [2.24, 2.45) is 0 Å². The van der Waals surface area contributed by atoms with E-state index in [1.807, 2.05) is 48.9 Å². The largest absolute Gasteiger partial charge is 0.475 e. The summed E-state index contributed by atoms with van der Waals surface area (Å²) < 4.78 is 12.3. The van der Waals surface area contributed by atoms with E-state index in [2.05, 4.69) is 15.4 Å². The molecular formula is C24H25N5O3. The molecule has 1 amide bonds. The van der Waals surface area contributed by atoms with E-state index in [0.29, 0.717) is 47.1 Å². The number of anilines is 1. The van der Waals surface area contributed by atoms with Crippen molar-refractivity contribution < 1.29 is 14.3 Å². The minimum atomic E-state index is -0.257. The number of hydrogen-bond acceptors (Lipinski definition) is 6. The van der Waals surface area contributed by atoms with Crippen LogP contribution in [0.4, 0.5) is 5.69 Å². The Hall–Kier alpha value is -3.78. The van der Waals surface area contributed by atoms with Gasteiger partial charge in [-0.1, -0.05) is 30.3 Å². The van der Waals surface area contributed by atoms with Crippen molar-refractivity contribution in [3.63, 3.8) is 0 Å². The van der Waals surface area contributed by atoms with Crippen LogP contribution >= 0.6 is 0 Å². The lowest BCUT2D eigenvalue weighted by molar-refractivity contribution is 0.102. The fraction of sp³-hybridized carbons (Fsp3) is 0.250. The summed E-state index contributed by atoms with van der Waals surface area (Å²) in [5, 5.41) is 8.07. The molecule has 4 aromatic rings. The summed E-state index contributed by atoms with van der Waals surface area (Å²) in [6.45, 7) is 4.95. The van der Waals surface area contributed by atoms with E-state index in [-0.39, 0.29) is 11.9 Å². The van der Waals surface area contributed by atoms with Gasteiger partial charge < -0.3 is 14.8 Å². The zero-order valence-corrected chi connectivity index (χ0v) is 18.3. The maximum Gasteiger partial charge on any atom is 0.256 e. The summed E-state index contributed by atoms with van der Waals surface area (Å²) in [7, 11) is 1.61. The van der Waals surface area contributed by atoms with Gasteiger partial charge in [0.2, 0.25) is 5.88 Å². The van der Waals surface area contributed by atoms with E-state index in [0.717, 1.165) is 5.56 Å². The van der Waals surface area contributed by atoms with E-state index in [4.69, 9.17) is 14.5 Å². The second-order valence-corrected chi connectivity index (χ2v) is 7.52. The van der Waals surface area contributed by atoms with Crippen molar-refractivity contribution in [1.82, 2.24) is 19.7 Å². The smallest absolute Gasteiger partial charge is 0.256 e. The zero-order chi connectivity index (χ0) is 22.5. The van der Waals surface area contributed by atoms with Gasteiger partial charge in [0.1, 0.15) is 6.61 Å². The Bertz CT molecular complexity index is 1200. The quantitative estimate of drug-likeness (QED) is 0.417. The second kappa shape index (κ2) is 9.57. The Labute approximate surface area is 186 Å². The fourth-order valence-electron chi connectivity index (χ4n) is 3.31. The van der Waals surface area contributed by atoms with Crippen LogP contribution in [0.2, 0.25) is 0 Å². The first-order valence-electron chi connectivity index (χ1n) is 10.4. The Morgan fingerprint density at radius 3 is 2.59 bits per heavy atom. The molecule has 0 atom stereocenters. The monoisotopic (exact) mass is 431 g/mol. The number of carbonyl (C=O) groups excluding carboxylic acids is 1. The number of ether oxygens (including phenoxy) is 2. The summed E-state index contributed by atoms with van der Waals surface area (Å²) in [6.07, 6.45) is 3.26. The fourth-order valence-corrected chi connectivity index (χ4v) is 3.31. The Balaban J connectivity index is 1.66. The van der Waals surface area contributed by atoms with Gasteiger partial charge in [-0.25, -0.2) is 14.6 Å². The molecule has 3 heterocycles. The third kappa shape index (κ3) is 4.60. The van der Waals surface area contributed by atoms with Gasteiger partial charge in [-0.3, -0.25) is 4.79 Å². The third-order valence-corrected chi connectivity index (χ3v) is 4.90. The maximum atomic E-state index is 13.2. The van der Waals surface area contributed by atoms with Crippen LogP contribution in [0.15, 0.2) is 60.9 Å². The third-order valence-electron chi connectivity index (χ3n) is 4.90. The van der Waals surface area contributed by atoms with Gasteiger partial charge in [0, 0.05) is 24.8 Å². The molecule has 0 radical (unpaired) electrons. The highest BCUT2D eigenvalue weighted by molar-refractivity contribution is 6.12. The molecule has 4 rings (SSSR count). The first-order valence-corrected chi connectivity index (χ1v) is 10.4. The maximum absolute atomic E-state index is 13.2. The standard InChI is InChI=1S/C24H25N5O3/c1-16(2)29-23-20(15-26-29)19(13-21(28-23)17-7-5-4-6-8-17)24(30)27-18-9-10-22(25-14-18)32-12-11-31-3/h4-10,13-16H,11-12H2,1-3H3,(H,27,30). The highest BCUT2D eigenvalue weighted by Crippen LogP contribution is 2.27. The van der Waals surface area contributed by atoms with Crippen molar-refractivity contribution >= 4 is 22.6 Å². The molecule has 32 heavy (non-hydrogen) atoms. The van der Waals surface area contributed by atoms with Gasteiger partial charge in [0.05, 0.1) is 41.3 Å². The lowest BCUT2D eigenvalue weighted by atomic mass is 10.1. The number of nitrogens with zero attached hydrogens (tertiary/aromatic N) is 4. The zero-order valence-electron chi connectivity index (χ0n) is 18.3. The number of fused-ring (bicyclic) bond motifs is 1. The average molecular weight is 431 g/mol. The van der Waals surface area contributed by atoms with E-state index in [1.54, 1.807) is 37.7 Å². The molecule has 3 aromatic heterocycles. The van der Waals surface area contributed by atoms with Crippen LogP contribution in [0.1, 0.15) is 30.2 Å². The minimum absolute atomic E-state index is 0.108. The lowest BCUT2D eigenvalue weighted by Gasteiger charge is -2.11. The van der Waals surface area contributed by atoms with Crippen molar-refractivity contribution in [1.29, 1.82) is 0 Å². The molecule has 0 bridgehead atoms. The number of carbonyl (C=O) groups is 1. The molecule has 0 saturated heterocycles. The SMILES string of the molecule is COCCOc1ccc(NC(=O)c2cc(-c3ccccc3)nc3c2cnn3C(C)C)cn1. The van der Waals surface area contributed by atoms with Crippen molar-refractivity contribution in [2.75, 3.05) is 25.6 Å². The molecular weight excluding hydrogens is 406 g/mol. The van der Waals surface area contributed by atoms with Gasteiger partial charge in [-0.2, -0.15) is 5.10 Å². The highest BCUT2D eigenvalue weighted by Gasteiger charge is 2.19. The molecule has 8 nitrogen and oxygen atoms in total. The van der Waals surface area contributed by atoms with Gasteiger partial charge in [0.15, 0.2) is 5.65 Å². The first kappa shape index (κ1) is 21.5. The number of nitrogens with one attached hydrogen (secondary N) is 1. The van der Waals surface area contributed by atoms with Crippen molar-refractivity contribution in [2.45, 2.75) is 19.9 Å². The summed E-state index contributed by atoms with van der Waals surface area (Å²) in [6, 6.07) is 15.2. The van der Waals surface area contributed by atoms with Crippen LogP contribution in [-0.2, 0) is 4.74 Å². The van der Waals surface area contributed by atoms with Crippen molar-refractivity contribution in [3.05, 3.63) is 66.5 Å². The molecule has 0 aliphatic rings. The van der Waals surface area contributed by atoms with Crippen molar-refractivity contribution in [3.8, 4) is 17.1 Å². The van der Waals surface area contributed by atoms with E-state index in [1.165, 1.54) is 0 Å². The summed E-state index contributed by atoms with van der Waals surface area (Å²) >= 11 is 0. The van der Waals surface area contributed by atoms with E-state index < -0.39 is 0 Å². The summed E-state index contributed by atoms with van der Waals surface area (Å²) in [5.41, 5.74) is 3.38. The molecule has 1 N–H and O–H groups in total. The van der Waals surface area contributed by atoms with E-state index >= 15 is 0 Å². The van der Waals surface area contributed by atoms with Crippen LogP contribution in [0, 0.1) is 0 Å². The first-order chi connectivity index (χ1) is 15.6. The number of hydrogen-bond donors (Lipinski definition) is 1. The molecule has 0 unspecified atom stereocenters. The predicted octanol–water partition coefficient (Wildman–Crippen LogP) is 4.35. The molecule has 0 fully saturated rings. The molecule has 164 valence electrons. The Kier molecular flexibility index (Phi) is 6.42. The van der Waals surface area contributed by atoms with Crippen LogP contribution in [0.3, 0.4) is 0 Å². The summed E-state index contributed by atoms with van der Waals surface area (Å²) in [4.78, 5) is 22.3. The number of amides is 1. The van der Waals surface area contributed by atoms with Crippen LogP contribution < -0.4 is 10.1 Å². The normalized spacial score (nSPS) is 11.1. The number of pyridine rings is 2. The van der Waals surface area contributed by atoms with Crippen LogP contribution in [0.25, 0.3) is 22.3 Å². The lowest BCUT2D eigenvalue weighted by Crippen LogP contribution is -2.14. The number of aromatic nitrogens is 4. The molecule has 8 heteroatoms. The van der Waals surface area contributed by atoms with E-state index in [9.17, 15) is 4.79 Å². The average Bonchev–Trinajstić information content (AvgIpc) is 3.25. The van der Waals surface area contributed by atoms with Gasteiger partial charge in [-0.15, -0.1) is 0 Å². The number of rotatable bonds is 8.